The summed E-state index contributed by atoms with van der Waals surface area (Å²) in [4.78, 5) is 2.53. The van der Waals surface area contributed by atoms with Gasteiger partial charge in [-0.25, -0.2) is 0 Å². The minimum atomic E-state index is 0.625. The van der Waals surface area contributed by atoms with Crippen LogP contribution in [0.15, 0.2) is 0 Å². The second-order valence-electron chi connectivity index (χ2n) is 3.80. The Morgan fingerprint density at radius 2 is 2.22 bits per heavy atom. The van der Waals surface area contributed by atoms with Crippen LogP contribution < -0.4 is 0 Å². The summed E-state index contributed by atoms with van der Waals surface area (Å²) in [7, 11) is 2.26. The molecule has 0 bridgehead atoms. The second-order valence-corrected chi connectivity index (χ2v) is 3.80. The van der Waals surface area contributed by atoms with Gasteiger partial charge in [0.1, 0.15) is 0 Å². The fraction of sp³-hybridized carbons (Fsp3) is 1.00. The lowest BCUT2D eigenvalue weighted by Crippen LogP contribution is -2.49. The van der Waals surface area contributed by atoms with Gasteiger partial charge in [-0.3, -0.25) is 0 Å². The summed E-state index contributed by atoms with van der Waals surface area (Å²) >= 11 is 0. The Balaban J connectivity index is 2.18. The summed E-state index contributed by atoms with van der Waals surface area (Å²) in [5.74, 6) is 1.04. The molecule has 0 aromatic heterocycles. The molecule has 2 rings (SSSR count). The molecule has 0 aromatic rings. The molecule has 52 valence electrons. The maximum absolute atomic E-state index is 2.53. The lowest BCUT2D eigenvalue weighted by atomic mass is 9.69. The third-order valence-corrected chi connectivity index (χ3v) is 3.56. The van der Waals surface area contributed by atoms with Crippen LogP contribution in [0.4, 0.5) is 0 Å². The molecule has 1 saturated carbocycles. The highest BCUT2D eigenvalue weighted by Crippen LogP contribution is 2.48. The van der Waals surface area contributed by atoms with E-state index in [1.807, 2.05) is 0 Å². The highest BCUT2D eigenvalue weighted by molar-refractivity contribution is 5.04. The Labute approximate surface area is 57.0 Å². The van der Waals surface area contributed by atoms with Crippen LogP contribution in [0, 0.1) is 5.92 Å². The third kappa shape index (κ3) is 0.536. The molecule has 2 atom stereocenters. The van der Waals surface area contributed by atoms with Crippen LogP contribution in [0.5, 0.6) is 0 Å². The zero-order valence-corrected chi connectivity index (χ0v) is 6.35. The maximum atomic E-state index is 2.53. The predicted octanol–water partition coefficient (Wildman–Crippen LogP) is 1.49. The van der Waals surface area contributed by atoms with E-state index in [1.54, 1.807) is 0 Å². The monoisotopic (exact) mass is 125 g/mol. The van der Waals surface area contributed by atoms with E-state index in [4.69, 9.17) is 0 Å². The first-order valence-electron chi connectivity index (χ1n) is 3.95. The van der Waals surface area contributed by atoms with E-state index in [0.29, 0.717) is 5.54 Å². The molecule has 2 aliphatic rings. The first-order chi connectivity index (χ1) is 4.23. The molecule has 1 aliphatic heterocycles. The molecule has 1 saturated heterocycles. The molecular formula is C8H15N. The van der Waals surface area contributed by atoms with E-state index in [0.717, 1.165) is 5.92 Å². The van der Waals surface area contributed by atoms with E-state index < -0.39 is 0 Å². The summed E-state index contributed by atoms with van der Waals surface area (Å²) in [6.07, 6.45) is 4.38. The molecule has 0 N–H and O–H groups in total. The van der Waals surface area contributed by atoms with Crippen molar-refractivity contribution in [2.45, 2.75) is 31.7 Å². The van der Waals surface area contributed by atoms with Crippen molar-refractivity contribution in [3.05, 3.63) is 0 Å². The first-order valence-corrected chi connectivity index (χ1v) is 3.95. The molecule has 0 aromatic carbocycles. The Morgan fingerprint density at radius 1 is 1.44 bits per heavy atom. The number of rotatable bonds is 0. The minimum absolute atomic E-state index is 0.625. The fourth-order valence-corrected chi connectivity index (χ4v) is 2.33. The summed E-state index contributed by atoms with van der Waals surface area (Å²) in [5.41, 5.74) is 0.625. The van der Waals surface area contributed by atoms with E-state index in [2.05, 4.69) is 18.9 Å². The number of hydrogen-bond acceptors (Lipinski definition) is 1. The molecule has 9 heavy (non-hydrogen) atoms. The van der Waals surface area contributed by atoms with Gasteiger partial charge in [0.25, 0.3) is 0 Å². The fourth-order valence-electron chi connectivity index (χ4n) is 2.33. The lowest BCUT2D eigenvalue weighted by molar-refractivity contribution is 0.0562. The molecule has 2 unspecified atom stereocenters. The lowest BCUT2D eigenvalue weighted by Gasteiger charge is -2.46. The van der Waals surface area contributed by atoms with E-state index in [-0.39, 0.29) is 0 Å². The Bertz CT molecular complexity index is 125. The highest BCUT2D eigenvalue weighted by Gasteiger charge is 2.49. The van der Waals surface area contributed by atoms with Gasteiger partial charge in [0.2, 0.25) is 0 Å². The summed E-state index contributed by atoms with van der Waals surface area (Å²) in [5, 5.41) is 0. The van der Waals surface area contributed by atoms with E-state index in [9.17, 15) is 0 Å². The van der Waals surface area contributed by atoms with Gasteiger partial charge in [-0.05, 0) is 45.7 Å². The molecule has 0 spiro atoms. The predicted molar refractivity (Wildman–Crippen MR) is 38.4 cm³/mol. The van der Waals surface area contributed by atoms with Crippen molar-refractivity contribution in [1.29, 1.82) is 0 Å². The Hall–Kier alpha value is -0.0400. The summed E-state index contributed by atoms with van der Waals surface area (Å²) in [6, 6.07) is 0. The quantitative estimate of drug-likeness (QED) is 0.474. The van der Waals surface area contributed by atoms with Gasteiger partial charge in [0, 0.05) is 5.54 Å². The van der Waals surface area contributed by atoms with Gasteiger partial charge in [-0.2, -0.15) is 0 Å². The van der Waals surface area contributed by atoms with Gasteiger partial charge in [-0.1, -0.05) is 0 Å². The first kappa shape index (κ1) is 5.72. The minimum Gasteiger partial charge on any atom is -0.301 e. The van der Waals surface area contributed by atoms with Gasteiger partial charge in [-0.15, -0.1) is 0 Å². The van der Waals surface area contributed by atoms with Crippen molar-refractivity contribution in [2.24, 2.45) is 5.92 Å². The van der Waals surface area contributed by atoms with Crippen LogP contribution in [0.2, 0.25) is 0 Å². The molecule has 1 aliphatic carbocycles. The average molecular weight is 125 g/mol. The Kier molecular flexibility index (Phi) is 0.963. The van der Waals surface area contributed by atoms with Crippen molar-refractivity contribution in [2.75, 3.05) is 13.6 Å². The zero-order chi connectivity index (χ0) is 6.48. The van der Waals surface area contributed by atoms with Crippen LogP contribution in [-0.4, -0.2) is 24.0 Å². The van der Waals surface area contributed by atoms with E-state index >= 15 is 0 Å². The van der Waals surface area contributed by atoms with Gasteiger partial charge in [0.05, 0.1) is 0 Å². The molecule has 1 heterocycles. The molecule has 1 nitrogen and oxygen atoms in total. The standard InChI is InChI=1S/C8H15N/c1-8-5-3-7(8)4-6-9(8)2/h7H,3-6H2,1-2H3. The van der Waals surface area contributed by atoms with Crippen LogP contribution in [0.3, 0.4) is 0 Å². The number of likely N-dealkylation sites (tertiary alicyclic amines) is 1. The number of nitrogens with zero attached hydrogens (tertiary/aromatic N) is 1. The summed E-state index contributed by atoms with van der Waals surface area (Å²) in [6.45, 7) is 3.75. The van der Waals surface area contributed by atoms with Gasteiger partial charge >= 0.3 is 0 Å². The van der Waals surface area contributed by atoms with Crippen LogP contribution >= 0.6 is 0 Å². The maximum Gasteiger partial charge on any atom is 0.0207 e. The topological polar surface area (TPSA) is 3.24 Å². The molecule has 0 radical (unpaired) electrons. The van der Waals surface area contributed by atoms with Crippen molar-refractivity contribution in [3.63, 3.8) is 0 Å². The van der Waals surface area contributed by atoms with Gasteiger partial charge in [0.15, 0.2) is 0 Å². The Morgan fingerprint density at radius 3 is 2.44 bits per heavy atom. The van der Waals surface area contributed by atoms with Crippen molar-refractivity contribution in [3.8, 4) is 0 Å². The van der Waals surface area contributed by atoms with Crippen molar-refractivity contribution < 1.29 is 0 Å². The van der Waals surface area contributed by atoms with Crippen LogP contribution in [0.25, 0.3) is 0 Å². The normalized spacial score (nSPS) is 50.7. The number of hydrogen-bond donors (Lipinski definition) is 0. The molecular weight excluding hydrogens is 110 g/mol. The second kappa shape index (κ2) is 1.51. The molecule has 0 amide bonds. The van der Waals surface area contributed by atoms with Crippen LogP contribution in [0.1, 0.15) is 26.2 Å². The van der Waals surface area contributed by atoms with Crippen molar-refractivity contribution >= 4 is 0 Å². The number of fused-ring (bicyclic) bond motifs is 1. The van der Waals surface area contributed by atoms with E-state index in [1.165, 1.54) is 25.8 Å². The largest absolute Gasteiger partial charge is 0.301 e. The molecule has 2 fully saturated rings. The smallest absolute Gasteiger partial charge is 0.0207 e. The average Bonchev–Trinajstić information content (AvgIpc) is 1.96. The van der Waals surface area contributed by atoms with Crippen LogP contribution in [-0.2, 0) is 0 Å². The van der Waals surface area contributed by atoms with Crippen molar-refractivity contribution in [1.82, 2.24) is 4.90 Å². The molecule has 1 heteroatoms. The third-order valence-electron chi connectivity index (χ3n) is 3.56. The SMILES string of the molecule is CN1CCC2CCC21C. The highest BCUT2D eigenvalue weighted by atomic mass is 15.2. The van der Waals surface area contributed by atoms with Gasteiger partial charge < -0.3 is 4.90 Å². The summed E-state index contributed by atoms with van der Waals surface area (Å²) < 4.78 is 0. The zero-order valence-electron chi connectivity index (χ0n) is 6.35.